The quantitative estimate of drug-likeness (QED) is 0.136. The molecule has 0 spiro atoms. The van der Waals surface area contributed by atoms with E-state index in [-0.39, 0.29) is 0 Å². The summed E-state index contributed by atoms with van der Waals surface area (Å²) in [7, 11) is 0. The molecule has 2 heterocycles. The van der Waals surface area contributed by atoms with E-state index in [1.807, 2.05) is 11.3 Å². The smallest absolute Gasteiger partial charge is 0.0542 e. The molecule has 0 saturated heterocycles. The van der Waals surface area contributed by atoms with Crippen LogP contribution in [-0.4, -0.2) is 4.57 Å². The summed E-state index contributed by atoms with van der Waals surface area (Å²) < 4.78 is 4.87. The van der Waals surface area contributed by atoms with Crippen LogP contribution in [0.1, 0.15) is 0 Å². The van der Waals surface area contributed by atoms with Crippen LogP contribution in [-0.2, 0) is 0 Å². The third-order valence-corrected chi connectivity index (χ3v) is 14.4. The van der Waals surface area contributed by atoms with E-state index < -0.39 is 0 Å². The topological polar surface area (TPSA) is 14.7 Å². The van der Waals surface area contributed by atoms with Crippen LogP contribution in [0.25, 0.3) is 58.4 Å². The van der Waals surface area contributed by atoms with Crippen molar-refractivity contribution >= 4 is 115 Å². The van der Waals surface area contributed by atoms with Gasteiger partial charge in [-0.15, -0.1) is 11.3 Å². The Kier molecular flexibility index (Phi) is 9.99. The Morgan fingerprint density at radius 3 is 1.45 bits per heavy atom. The number of rotatable bonds is 10. The molecule has 0 aliphatic heterocycles. The van der Waals surface area contributed by atoms with E-state index in [9.17, 15) is 0 Å². The van der Waals surface area contributed by atoms with Gasteiger partial charge in [-0.25, -0.2) is 0 Å². The van der Waals surface area contributed by atoms with Gasteiger partial charge >= 0.3 is 0 Å². The summed E-state index contributed by atoms with van der Waals surface area (Å²) >= 11 is 1.85. The van der Waals surface area contributed by atoms with Gasteiger partial charge in [-0.1, -0.05) is 140 Å². The van der Waals surface area contributed by atoms with Gasteiger partial charge in [-0.2, -0.15) is 0 Å². The van der Waals surface area contributed by atoms with E-state index in [2.05, 4.69) is 286 Å². The van der Waals surface area contributed by atoms with E-state index >= 15 is 0 Å². The fraction of sp³-hybridized carbons (Fsp3) is 0. The molecule has 0 aliphatic carbocycles. The highest BCUT2D eigenvalue weighted by molar-refractivity contribution is 7.25. The lowest BCUT2D eigenvalue weighted by molar-refractivity contribution is 1.18. The monoisotopic (exact) mass is 900 g/mol. The van der Waals surface area contributed by atoms with Crippen LogP contribution in [0.3, 0.4) is 0 Å². The summed E-state index contributed by atoms with van der Waals surface area (Å²) in [6.07, 6.45) is 0. The molecule has 0 bridgehead atoms. The van der Waals surface area contributed by atoms with Crippen molar-refractivity contribution in [2.45, 2.75) is 0 Å². The average molecular weight is 901 g/mol. The summed E-state index contributed by atoms with van der Waals surface area (Å²) in [5.74, 6) is 0. The minimum atomic E-state index is 1.07. The van der Waals surface area contributed by atoms with Gasteiger partial charge in [0.25, 0.3) is 0 Å². The molecule has 0 amide bonds. The van der Waals surface area contributed by atoms with Crippen molar-refractivity contribution in [1.29, 1.82) is 0 Å². The normalized spacial score (nSPS) is 11.5. The zero-order valence-electron chi connectivity index (χ0n) is 37.6. The molecule has 0 saturated carbocycles. The molecule has 0 N–H and O–H groups in total. The lowest BCUT2D eigenvalue weighted by atomic mass is 10.1. The first-order chi connectivity index (χ1) is 34.2. The van der Waals surface area contributed by atoms with E-state index in [1.54, 1.807) is 0 Å². The maximum absolute atomic E-state index is 2.39. The molecule has 326 valence electrons. The number of thiophene rings is 1. The molecular formula is C64H44N4S. The number of aromatic nitrogens is 1. The van der Waals surface area contributed by atoms with Crippen LogP contribution in [0.2, 0.25) is 0 Å². The van der Waals surface area contributed by atoms with E-state index in [0.29, 0.717) is 0 Å². The zero-order chi connectivity index (χ0) is 45.7. The molecule has 69 heavy (non-hydrogen) atoms. The lowest BCUT2D eigenvalue weighted by Crippen LogP contribution is -2.13. The summed E-state index contributed by atoms with van der Waals surface area (Å²) in [5, 5.41) is 7.36. The number of anilines is 9. The summed E-state index contributed by atoms with van der Waals surface area (Å²) in [5.41, 5.74) is 13.4. The number of para-hydroxylation sites is 5. The van der Waals surface area contributed by atoms with Crippen molar-refractivity contribution < 1.29 is 0 Å². The minimum absolute atomic E-state index is 1.07. The summed E-state index contributed by atoms with van der Waals surface area (Å²) in [6.45, 7) is 0. The Bertz CT molecular complexity index is 3970. The fourth-order valence-electron chi connectivity index (χ4n) is 10.2. The second kappa shape index (κ2) is 17.1. The number of hydrogen-bond donors (Lipinski definition) is 0. The molecule has 0 fully saturated rings. The first-order valence-corrected chi connectivity index (χ1v) is 24.2. The fourth-order valence-corrected chi connectivity index (χ4v) is 11.3. The van der Waals surface area contributed by atoms with Gasteiger partial charge in [0.1, 0.15) is 0 Å². The highest BCUT2D eigenvalue weighted by Gasteiger charge is 2.22. The number of benzene rings is 11. The van der Waals surface area contributed by atoms with Gasteiger partial charge in [0, 0.05) is 87.5 Å². The van der Waals surface area contributed by atoms with Crippen LogP contribution in [0.15, 0.2) is 267 Å². The molecule has 2 aromatic heterocycles. The summed E-state index contributed by atoms with van der Waals surface area (Å²) in [4.78, 5) is 7.16. The van der Waals surface area contributed by atoms with Crippen molar-refractivity contribution in [2.24, 2.45) is 0 Å². The Morgan fingerprint density at radius 1 is 0.261 bits per heavy atom. The third-order valence-electron chi connectivity index (χ3n) is 13.3. The van der Waals surface area contributed by atoms with Gasteiger partial charge in [-0.05, 0) is 133 Å². The SMILES string of the molecule is c1ccc(N(c2cccc(N(c3ccccc3)c3ccc4c(c3)c3ccccc3n4-c3ccccc3)c2)c2ccc3c(c2)sc2ccc(N(c4ccccc4)c4cccc5ccccc45)cc23)cc1. The van der Waals surface area contributed by atoms with Crippen molar-refractivity contribution in [2.75, 3.05) is 14.7 Å². The molecular weight excluding hydrogens is 857 g/mol. The third kappa shape index (κ3) is 7.16. The largest absolute Gasteiger partial charge is 0.310 e. The molecule has 11 aromatic carbocycles. The highest BCUT2D eigenvalue weighted by Crippen LogP contribution is 2.46. The van der Waals surface area contributed by atoms with Crippen molar-refractivity contribution in [1.82, 2.24) is 4.57 Å². The molecule has 4 nitrogen and oxygen atoms in total. The first kappa shape index (κ1) is 40.4. The predicted octanol–water partition coefficient (Wildman–Crippen LogP) is 18.7. The number of hydrogen-bond acceptors (Lipinski definition) is 4. The minimum Gasteiger partial charge on any atom is -0.310 e. The Labute approximate surface area is 405 Å². The second-order valence-corrected chi connectivity index (χ2v) is 18.5. The average Bonchev–Trinajstić information content (AvgIpc) is 3.95. The molecule has 13 aromatic rings. The van der Waals surface area contributed by atoms with Gasteiger partial charge in [-0.3, -0.25) is 0 Å². The highest BCUT2D eigenvalue weighted by atomic mass is 32.1. The van der Waals surface area contributed by atoms with Crippen molar-refractivity contribution in [3.63, 3.8) is 0 Å². The van der Waals surface area contributed by atoms with Gasteiger partial charge in [0.2, 0.25) is 0 Å². The lowest BCUT2D eigenvalue weighted by Gasteiger charge is -2.29. The number of fused-ring (bicyclic) bond motifs is 7. The van der Waals surface area contributed by atoms with E-state index in [0.717, 1.165) is 56.9 Å². The Hall–Kier alpha value is -8.90. The van der Waals surface area contributed by atoms with Gasteiger partial charge in [0.05, 0.1) is 16.7 Å². The maximum Gasteiger partial charge on any atom is 0.0542 e. The molecule has 0 radical (unpaired) electrons. The van der Waals surface area contributed by atoms with Crippen LogP contribution < -0.4 is 14.7 Å². The van der Waals surface area contributed by atoms with Crippen molar-refractivity contribution in [3.05, 3.63) is 267 Å². The Balaban J connectivity index is 0.926. The second-order valence-electron chi connectivity index (χ2n) is 17.4. The van der Waals surface area contributed by atoms with Crippen LogP contribution >= 0.6 is 11.3 Å². The zero-order valence-corrected chi connectivity index (χ0v) is 38.4. The molecule has 0 unspecified atom stereocenters. The van der Waals surface area contributed by atoms with Crippen LogP contribution in [0.4, 0.5) is 51.2 Å². The molecule has 0 atom stereocenters. The molecule has 13 rings (SSSR count). The molecule has 0 aliphatic rings. The van der Waals surface area contributed by atoms with Crippen molar-refractivity contribution in [3.8, 4) is 5.69 Å². The van der Waals surface area contributed by atoms with Crippen LogP contribution in [0.5, 0.6) is 0 Å². The predicted molar refractivity (Wildman–Crippen MR) is 295 cm³/mol. The number of nitrogens with zero attached hydrogens (tertiary/aromatic N) is 4. The van der Waals surface area contributed by atoms with Crippen LogP contribution in [0, 0.1) is 0 Å². The van der Waals surface area contributed by atoms with E-state index in [1.165, 1.54) is 52.8 Å². The standard InChI is InChI=1S/C64H44N4S/c1-5-21-46(22-6-1)65(52-36-39-62-58(42-52)56-32-15-16-33-61(56)68(62)49-27-11-4-12-28-49)50-29-18-30-51(41-50)66(47-23-7-2-8-24-47)54-35-38-57-59-43-53(37-40-63(59)69-64(57)44-54)67(48-25-9-3-10-26-48)60-34-17-20-45-19-13-14-31-55(45)60/h1-44H. The first-order valence-electron chi connectivity index (χ1n) is 23.4. The van der Waals surface area contributed by atoms with Gasteiger partial charge in [0.15, 0.2) is 0 Å². The Morgan fingerprint density at radius 2 is 0.739 bits per heavy atom. The van der Waals surface area contributed by atoms with E-state index in [4.69, 9.17) is 0 Å². The van der Waals surface area contributed by atoms with Gasteiger partial charge < -0.3 is 19.3 Å². The summed E-state index contributed by atoms with van der Waals surface area (Å²) in [6, 6.07) is 96.5. The maximum atomic E-state index is 2.39. The molecule has 5 heteroatoms.